The summed E-state index contributed by atoms with van der Waals surface area (Å²) in [4.78, 5) is 0. The summed E-state index contributed by atoms with van der Waals surface area (Å²) < 4.78 is 36.4. The maximum absolute atomic E-state index is 12.4. The number of ether oxygens (including phenoxy) is 2. The van der Waals surface area contributed by atoms with E-state index in [4.69, 9.17) is 17.0 Å². The Labute approximate surface area is 136 Å². The summed E-state index contributed by atoms with van der Waals surface area (Å²) in [5.74, 6) is 0.894. The van der Waals surface area contributed by atoms with Crippen molar-refractivity contribution in [3.05, 3.63) is 34.4 Å². The van der Waals surface area contributed by atoms with Crippen molar-refractivity contribution < 1.29 is 18.3 Å². The lowest BCUT2D eigenvalue weighted by molar-refractivity contribution is -0.0514. The fourth-order valence-corrected chi connectivity index (χ4v) is 2.06. The molecule has 0 unspecified atom stereocenters. The highest BCUT2D eigenvalue weighted by atomic mass is 32.1. The molecule has 0 saturated heterocycles. The van der Waals surface area contributed by atoms with Gasteiger partial charge in [-0.3, -0.25) is 5.10 Å². The van der Waals surface area contributed by atoms with Crippen LogP contribution in [0.1, 0.15) is 25.2 Å². The molecule has 0 aliphatic rings. The number of nitrogens with one attached hydrogen (secondary N) is 1. The van der Waals surface area contributed by atoms with Gasteiger partial charge in [-0.05, 0) is 42.9 Å². The van der Waals surface area contributed by atoms with Crippen LogP contribution >= 0.6 is 12.2 Å². The van der Waals surface area contributed by atoms with Gasteiger partial charge < -0.3 is 9.47 Å². The molecule has 1 N–H and O–H groups in total. The predicted octanol–water partition coefficient (Wildman–Crippen LogP) is 3.39. The van der Waals surface area contributed by atoms with Crippen LogP contribution in [0.15, 0.2) is 23.3 Å². The summed E-state index contributed by atoms with van der Waals surface area (Å²) in [5.41, 5.74) is 0.653. The first-order valence-electron chi connectivity index (χ1n) is 6.97. The molecular weight excluding hydrogens is 326 g/mol. The first kappa shape index (κ1) is 17.1. The molecule has 0 saturated carbocycles. The number of H-pyrrole nitrogens is 1. The van der Waals surface area contributed by atoms with Crippen molar-refractivity contribution in [3.63, 3.8) is 0 Å². The first-order chi connectivity index (χ1) is 11.0. The standard InChI is InChI=1S/C14H16F2N4O2S/c1-3-12-18-19-14(23)20(12)17-8-9-5-6-10(22-13(15)16)11(7-9)21-4-2/h5-8,13H,3-4H2,1-2H3,(H,19,23). The third-order valence-corrected chi connectivity index (χ3v) is 3.10. The molecule has 1 aromatic carbocycles. The molecule has 2 rings (SSSR count). The van der Waals surface area contributed by atoms with Crippen molar-refractivity contribution in [1.82, 2.24) is 14.9 Å². The number of benzene rings is 1. The lowest BCUT2D eigenvalue weighted by Crippen LogP contribution is -2.05. The van der Waals surface area contributed by atoms with Gasteiger partial charge in [-0.25, -0.2) is 0 Å². The second-order valence-electron chi connectivity index (χ2n) is 4.37. The zero-order valence-electron chi connectivity index (χ0n) is 12.6. The van der Waals surface area contributed by atoms with E-state index in [-0.39, 0.29) is 11.5 Å². The maximum atomic E-state index is 12.4. The van der Waals surface area contributed by atoms with Crippen LogP contribution in [0.3, 0.4) is 0 Å². The molecule has 0 atom stereocenters. The summed E-state index contributed by atoms with van der Waals surface area (Å²) in [5, 5.41) is 11.0. The van der Waals surface area contributed by atoms with Crippen LogP contribution in [0, 0.1) is 4.77 Å². The van der Waals surface area contributed by atoms with Crippen LogP contribution in [0.25, 0.3) is 0 Å². The number of hydrogen-bond acceptors (Lipinski definition) is 5. The molecule has 9 heteroatoms. The highest BCUT2D eigenvalue weighted by molar-refractivity contribution is 7.71. The van der Waals surface area contributed by atoms with Gasteiger partial charge in [0.25, 0.3) is 0 Å². The van der Waals surface area contributed by atoms with Crippen LogP contribution in [0.5, 0.6) is 11.5 Å². The van der Waals surface area contributed by atoms with Crippen molar-refractivity contribution >= 4 is 18.4 Å². The van der Waals surface area contributed by atoms with Crippen LogP contribution < -0.4 is 9.47 Å². The molecule has 0 bridgehead atoms. The average molecular weight is 342 g/mol. The molecule has 6 nitrogen and oxygen atoms in total. The SMILES string of the molecule is CCOc1cc(C=Nn2c(CC)n[nH]c2=S)ccc1OC(F)F. The number of aromatic amines is 1. The monoisotopic (exact) mass is 342 g/mol. The Hall–Kier alpha value is -2.29. The van der Waals surface area contributed by atoms with Crippen LogP contribution in [0.4, 0.5) is 8.78 Å². The number of aryl methyl sites for hydroxylation is 1. The molecule has 0 aliphatic heterocycles. The van der Waals surface area contributed by atoms with Crippen LogP contribution in [-0.2, 0) is 6.42 Å². The van der Waals surface area contributed by atoms with Gasteiger partial charge in [0.2, 0.25) is 4.77 Å². The van der Waals surface area contributed by atoms with Crippen molar-refractivity contribution in [2.75, 3.05) is 6.61 Å². The first-order valence-corrected chi connectivity index (χ1v) is 7.38. The molecular formula is C14H16F2N4O2S. The molecule has 23 heavy (non-hydrogen) atoms. The fraction of sp³-hybridized carbons (Fsp3) is 0.357. The molecule has 0 fully saturated rings. The van der Waals surface area contributed by atoms with E-state index < -0.39 is 6.61 Å². The van der Waals surface area contributed by atoms with Crippen molar-refractivity contribution in [2.45, 2.75) is 26.9 Å². The number of halogens is 2. The summed E-state index contributed by atoms with van der Waals surface area (Å²) in [6.07, 6.45) is 2.20. The number of rotatable bonds is 7. The van der Waals surface area contributed by atoms with E-state index in [1.807, 2.05) is 6.92 Å². The Morgan fingerprint density at radius 2 is 2.17 bits per heavy atom. The summed E-state index contributed by atoms with van der Waals surface area (Å²) in [6.45, 7) is 1.10. The van der Waals surface area contributed by atoms with Gasteiger partial charge in [-0.2, -0.15) is 23.7 Å². The van der Waals surface area contributed by atoms with Crippen LogP contribution in [0.2, 0.25) is 0 Å². The number of alkyl halides is 2. The van der Waals surface area contributed by atoms with E-state index in [1.165, 1.54) is 10.7 Å². The maximum Gasteiger partial charge on any atom is 0.387 e. The Kier molecular flexibility index (Phi) is 5.80. The van der Waals surface area contributed by atoms with Gasteiger partial charge in [-0.1, -0.05) is 6.92 Å². The van der Waals surface area contributed by atoms with Crippen molar-refractivity contribution in [1.29, 1.82) is 0 Å². The number of hydrogen-bond donors (Lipinski definition) is 1. The minimum absolute atomic E-state index is 0.0202. The van der Waals surface area contributed by atoms with Gasteiger partial charge >= 0.3 is 6.61 Å². The molecule has 124 valence electrons. The van der Waals surface area contributed by atoms with E-state index in [0.717, 1.165) is 0 Å². The number of aromatic nitrogens is 3. The van der Waals surface area contributed by atoms with E-state index in [1.54, 1.807) is 25.3 Å². The topological polar surface area (TPSA) is 64.4 Å². The summed E-state index contributed by atoms with van der Waals surface area (Å²) in [7, 11) is 0. The third-order valence-electron chi connectivity index (χ3n) is 2.84. The highest BCUT2D eigenvalue weighted by Crippen LogP contribution is 2.29. The molecule has 0 aliphatic carbocycles. The quantitative estimate of drug-likeness (QED) is 0.619. The normalized spacial score (nSPS) is 11.3. The molecule has 1 heterocycles. The zero-order chi connectivity index (χ0) is 16.8. The number of nitrogens with zero attached hydrogens (tertiary/aromatic N) is 3. The van der Waals surface area contributed by atoms with E-state index in [0.29, 0.717) is 29.2 Å². The van der Waals surface area contributed by atoms with Gasteiger partial charge in [-0.15, -0.1) is 0 Å². The van der Waals surface area contributed by atoms with Gasteiger partial charge in [0.15, 0.2) is 17.3 Å². The lowest BCUT2D eigenvalue weighted by Gasteiger charge is -2.11. The smallest absolute Gasteiger partial charge is 0.387 e. The van der Waals surface area contributed by atoms with E-state index in [2.05, 4.69) is 20.0 Å². The van der Waals surface area contributed by atoms with Gasteiger partial charge in [0, 0.05) is 6.42 Å². The third kappa shape index (κ3) is 4.35. The molecule has 0 amide bonds. The van der Waals surface area contributed by atoms with Gasteiger partial charge in [0.05, 0.1) is 12.8 Å². The van der Waals surface area contributed by atoms with Gasteiger partial charge in [0.1, 0.15) is 0 Å². The Balaban J connectivity index is 2.29. The van der Waals surface area contributed by atoms with Crippen molar-refractivity contribution in [3.8, 4) is 11.5 Å². The molecule has 2 aromatic rings. The molecule has 0 spiro atoms. The molecule has 1 aromatic heterocycles. The lowest BCUT2D eigenvalue weighted by atomic mass is 10.2. The molecule has 0 radical (unpaired) electrons. The Bertz CT molecular complexity index is 743. The Morgan fingerprint density at radius 1 is 1.39 bits per heavy atom. The minimum atomic E-state index is -2.91. The second kappa shape index (κ2) is 7.82. The average Bonchev–Trinajstić information content (AvgIpc) is 2.87. The predicted molar refractivity (Wildman–Crippen MR) is 84.0 cm³/mol. The largest absolute Gasteiger partial charge is 0.490 e. The Morgan fingerprint density at radius 3 is 2.83 bits per heavy atom. The second-order valence-corrected chi connectivity index (χ2v) is 4.76. The van der Waals surface area contributed by atoms with E-state index >= 15 is 0 Å². The summed E-state index contributed by atoms with van der Waals surface area (Å²) >= 11 is 5.09. The van der Waals surface area contributed by atoms with E-state index in [9.17, 15) is 8.78 Å². The fourth-order valence-electron chi connectivity index (χ4n) is 1.86. The summed E-state index contributed by atoms with van der Waals surface area (Å²) in [6, 6.07) is 4.58. The van der Waals surface area contributed by atoms with Crippen molar-refractivity contribution in [2.24, 2.45) is 5.10 Å². The minimum Gasteiger partial charge on any atom is -0.490 e. The highest BCUT2D eigenvalue weighted by Gasteiger charge is 2.11. The zero-order valence-corrected chi connectivity index (χ0v) is 13.4. The van der Waals surface area contributed by atoms with Crippen LogP contribution in [-0.4, -0.2) is 34.3 Å².